The Hall–Kier alpha value is -2.21. The van der Waals surface area contributed by atoms with Gasteiger partial charge in [-0.25, -0.2) is 0 Å². The van der Waals surface area contributed by atoms with Gasteiger partial charge in [-0.1, -0.05) is 12.1 Å². The third-order valence-corrected chi connectivity index (χ3v) is 2.88. The summed E-state index contributed by atoms with van der Waals surface area (Å²) < 4.78 is 1.78. The summed E-state index contributed by atoms with van der Waals surface area (Å²) >= 11 is 0. The highest BCUT2D eigenvalue weighted by molar-refractivity contribution is 5.34. The Balaban J connectivity index is 1.94. The van der Waals surface area contributed by atoms with Gasteiger partial charge in [0.25, 0.3) is 5.69 Å². The zero-order chi connectivity index (χ0) is 13.8. The minimum absolute atomic E-state index is 0.122. The number of hydrogen-bond acceptors (Lipinski definition) is 4. The molecule has 0 radical (unpaired) electrons. The molecule has 6 nitrogen and oxygen atoms in total. The van der Waals surface area contributed by atoms with E-state index in [-0.39, 0.29) is 10.6 Å². The molecule has 0 fully saturated rings. The van der Waals surface area contributed by atoms with E-state index in [1.54, 1.807) is 16.8 Å². The molecule has 0 spiro atoms. The Labute approximate surface area is 111 Å². The average Bonchev–Trinajstić information content (AvgIpc) is 2.68. The number of hydrogen-bond donors (Lipinski definition) is 1. The second-order valence-corrected chi connectivity index (χ2v) is 4.44. The lowest BCUT2D eigenvalue weighted by atomic mass is 10.2. The first-order valence-corrected chi connectivity index (χ1v) is 5.99. The molecule has 0 saturated heterocycles. The van der Waals surface area contributed by atoms with Crippen LogP contribution in [0.3, 0.4) is 0 Å². The van der Waals surface area contributed by atoms with E-state index in [4.69, 9.17) is 0 Å². The Morgan fingerprint density at radius 3 is 2.84 bits per heavy atom. The Kier molecular flexibility index (Phi) is 3.91. The van der Waals surface area contributed by atoms with Crippen molar-refractivity contribution in [1.82, 2.24) is 15.1 Å². The summed E-state index contributed by atoms with van der Waals surface area (Å²) in [6.07, 6.45) is 1.97. The van der Waals surface area contributed by atoms with Crippen LogP contribution >= 0.6 is 0 Å². The van der Waals surface area contributed by atoms with Crippen LogP contribution in [0.1, 0.15) is 16.8 Å². The van der Waals surface area contributed by atoms with E-state index in [0.29, 0.717) is 13.1 Å². The van der Waals surface area contributed by atoms with Gasteiger partial charge in [-0.05, 0) is 12.5 Å². The number of non-ortho nitro benzene ring substituents is 1. The summed E-state index contributed by atoms with van der Waals surface area (Å²) in [5.41, 5.74) is 3.15. The molecule has 0 bridgehead atoms. The molecule has 0 saturated carbocycles. The standard InChI is InChI=1S/C13H16N4O2/c1-10-12(9-16(2)15-10)8-14-7-11-4-3-5-13(6-11)17(18)19/h3-6,9,14H,7-8H2,1-2H3. The minimum atomic E-state index is -0.380. The molecule has 0 atom stereocenters. The van der Waals surface area contributed by atoms with Crippen LogP contribution in [-0.4, -0.2) is 14.7 Å². The van der Waals surface area contributed by atoms with Crippen molar-refractivity contribution in [1.29, 1.82) is 0 Å². The normalized spacial score (nSPS) is 10.6. The van der Waals surface area contributed by atoms with Gasteiger partial charge in [-0.15, -0.1) is 0 Å². The van der Waals surface area contributed by atoms with Crippen molar-refractivity contribution in [3.8, 4) is 0 Å². The lowest BCUT2D eigenvalue weighted by Gasteiger charge is -2.04. The molecule has 1 aromatic heterocycles. The van der Waals surface area contributed by atoms with Crippen molar-refractivity contribution >= 4 is 5.69 Å². The van der Waals surface area contributed by atoms with Crippen molar-refractivity contribution in [2.75, 3.05) is 0 Å². The molecule has 0 unspecified atom stereocenters. The van der Waals surface area contributed by atoms with E-state index in [9.17, 15) is 10.1 Å². The second kappa shape index (κ2) is 5.62. The van der Waals surface area contributed by atoms with Crippen LogP contribution in [0, 0.1) is 17.0 Å². The lowest BCUT2D eigenvalue weighted by Crippen LogP contribution is -2.13. The van der Waals surface area contributed by atoms with Crippen molar-refractivity contribution in [2.24, 2.45) is 7.05 Å². The van der Waals surface area contributed by atoms with Crippen molar-refractivity contribution in [3.05, 3.63) is 57.4 Å². The van der Waals surface area contributed by atoms with Crippen LogP contribution in [0.2, 0.25) is 0 Å². The van der Waals surface area contributed by atoms with Crippen molar-refractivity contribution < 1.29 is 4.92 Å². The van der Waals surface area contributed by atoms with Gasteiger partial charge < -0.3 is 5.32 Å². The Bertz CT molecular complexity index is 592. The molecule has 1 N–H and O–H groups in total. The van der Waals surface area contributed by atoms with Crippen LogP contribution in [0.25, 0.3) is 0 Å². The summed E-state index contributed by atoms with van der Waals surface area (Å²) in [5.74, 6) is 0. The van der Waals surface area contributed by atoms with Crippen LogP contribution in [-0.2, 0) is 20.1 Å². The Morgan fingerprint density at radius 1 is 1.42 bits per heavy atom. The molecule has 19 heavy (non-hydrogen) atoms. The van der Waals surface area contributed by atoms with Gasteiger partial charge in [0.1, 0.15) is 0 Å². The van der Waals surface area contributed by atoms with Crippen LogP contribution < -0.4 is 5.32 Å². The number of aromatic nitrogens is 2. The summed E-state index contributed by atoms with van der Waals surface area (Å²) in [5, 5.41) is 18.2. The number of aryl methyl sites for hydroxylation is 2. The fourth-order valence-corrected chi connectivity index (χ4v) is 1.94. The largest absolute Gasteiger partial charge is 0.308 e. The predicted molar refractivity (Wildman–Crippen MR) is 71.6 cm³/mol. The molecule has 0 aliphatic heterocycles. The summed E-state index contributed by atoms with van der Waals surface area (Å²) in [4.78, 5) is 10.3. The van der Waals surface area contributed by atoms with Gasteiger partial charge in [-0.2, -0.15) is 5.10 Å². The molecule has 100 valence electrons. The highest BCUT2D eigenvalue weighted by Gasteiger charge is 2.06. The fraction of sp³-hybridized carbons (Fsp3) is 0.308. The molecular formula is C13H16N4O2. The van der Waals surface area contributed by atoms with E-state index >= 15 is 0 Å². The van der Waals surface area contributed by atoms with Gasteiger partial charge in [0, 0.05) is 44.0 Å². The predicted octanol–water partition coefficient (Wildman–Crippen LogP) is 1.93. The number of benzene rings is 1. The summed E-state index contributed by atoms with van der Waals surface area (Å²) in [6, 6.07) is 6.65. The minimum Gasteiger partial charge on any atom is -0.308 e. The number of rotatable bonds is 5. The Morgan fingerprint density at radius 2 is 2.21 bits per heavy atom. The number of nitro groups is 1. The average molecular weight is 260 g/mol. The second-order valence-electron chi connectivity index (χ2n) is 4.44. The van der Waals surface area contributed by atoms with Gasteiger partial charge in [0.05, 0.1) is 10.6 Å². The molecule has 0 amide bonds. The third-order valence-electron chi connectivity index (χ3n) is 2.88. The molecule has 0 aliphatic rings. The smallest absolute Gasteiger partial charge is 0.269 e. The van der Waals surface area contributed by atoms with Crippen molar-refractivity contribution in [2.45, 2.75) is 20.0 Å². The van der Waals surface area contributed by atoms with E-state index in [1.165, 1.54) is 6.07 Å². The molecule has 2 aromatic rings. The summed E-state index contributed by atoms with van der Waals surface area (Å²) in [7, 11) is 1.89. The first-order valence-electron chi connectivity index (χ1n) is 5.99. The highest BCUT2D eigenvalue weighted by atomic mass is 16.6. The van der Waals surface area contributed by atoms with Gasteiger partial charge >= 0.3 is 0 Å². The monoisotopic (exact) mass is 260 g/mol. The first-order chi connectivity index (χ1) is 9.06. The molecule has 1 aromatic carbocycles. The van der Waals surface area contributed by atoms with Crippen LogP contribution in [0.15, 0.2) is 30.5 Å². The van der Waals surface area contributed by atoms with Crippen LogP contribution in [0.4, 0.5) is 5.69 Å². The molecule has 1 heterocycles. The zero-order valence-electron chi connectivity index (χ0n) is 11.0. The van der Waals surface area contributed by atoms with E-state index < -0.39 is 0 Å². The van der Waals surface area contributed by atoms with E-state index in [2.05, 4.69) is 10.4 Å². The molecule has 0 aliphatic carbocycles. The molecule has 2 rings (SSSR count). The summed E-state index contributed by atoms with van der Waals surface area (Å²) in [6.45, 7) is 3.25. The third kappa shape index (κ3) is 3.38. The van der Waals surface area contributed by atoms with Gasteiger partial charge in [-0.3, -0.25) is 14.8 Å². The number of nitro benzene ring substituents is 1. The number of nitrogens with zero attached hydrogens (tertiary/aromatic N) is 3. The van der Waals surface area contributed by atoms with Crippen LogP contribution in [0.5, 0.6) is 0 Å². The topological polar surface area (TPSA) is 73.0 Å². The highest BCUT2D eigenvalue weighted by Crippen LogP contribution is 2.13. The maximum atomic E-state index is 10.7. The lowest BCUT2D eigenvalue weighted by molar-refractivity contribution is -0.384. The van der Waals surface area contributed by atoms with Gasteiger partial charge in [0.15, 0.2) is 0 Å². The maximum Gasteiger partial charge on any atom is 0.269 e. The fourth-order valence-electron chi connectivity index (χ4n) is 1.94. The van der Waals surface area contributed by atoms with Crippen molar-refractivity contribution in [3.63, 3.8) is 0 Å². The SMILES string of the molecule is Cc1nn(C)cc1CNCc1cccc([N+](=O)[O-])c1. The quantitative estimate of drug-likeness (QED) is 0.658. The zero-order valence-corrected chi connectivity index (χ0v) is 11.0. The molecular weight excluding hydrogens is 244 g/mol. The van der Waals surface area contributed by atoms with E-state index in [0.717, 1.165) is 16.8 Å². The first kappa shape index (κ1) is 13.2. The number of nitrogens with one attached hydrogen (secondary N) is 1. The maximum absolute atomic E-state index is 10.7. The van der Waals surface area contributed by atoms with Gasteiger partial charge in [0.2, 0.25) is 0 Å². The van der Waals surface area contributed by atoms with E-state index in [1.807, 2.05) is 26.2 Å². The molecule has 6 heteroatoms.